The zero-order valence-electron chi connectivity index (χ0n) is 15.9. The summed E-state index contributed by atoms with van der Waals surface area (Å²) in [7, 11) is -3.74. The fourth-order valence-electron chi connectivity index (χ4n) is 3.04. The molecule has 1 aliphatic heterocycles. The van der Waals surface area contributed by atoms with Gasteiger partial charge in [0.15, 0.2) is 5.13 Å². The Kier molecular flexibility index (Phi) is 6.75. The smallest absolute Gasteiger partial charge is 0.257 e. The Bertz CT molecular complexity index is 949. The van der Waals surface area contributed by atoms with Crippen molar-refractivity contribution in [3.05, 3.63) is 39.9 Å². The number of amides is 1. The van der Waals surface area contributed by atoms with Gasteiger partial charge >= 0.3 is 0 Å². The number of halogens is 1. The number of aromatic nitrogens is 1. The summed E-state index contributed by atoms with van der Waals surface area (Å²) >= 11 is 7.54. The van der Waals surface area contributed by atoms with Gasteiger partial charge in [-0.2, -0.15) is 4.31 Å². The number of carbonyl (C=O) groups excluding carboxylic acids is 1. The topological polar surface area (TPSA) is 79.4 Å². The molecular weight excluding hydrogens is 418 g/mol. The van der Waals surface area contributed by atoms with Crippen LogP contribution < -0.4 is 5.32 Å². The maximum Gasteiger partial charge on any atom is 0.257 e. The normalized spacial score (nSPS) is 16.1. The zero-order valence-corrected chi connectivity index (χ0v) is 18.3. The van der Waals surface area contributed by atoms with E-state index in [4.69, 9.17) is 11.6 Å². The molecule has 0 atom stereocenters. The third-order valence-electron chi connectivity index (χ3n) is 4.71. The highest BCUT2D eigenvalue weighted by molar-refractivity contribution is 7.89. The highest BCUT2D eigenvalue weighted by Crippen LogP contribution is 2.28. The molecule has 1 aromatic carbocycles. The molecule has 0 saturated carbocycles. The quantitative estimate of drug-likeness (QED) is 0.726. The maximum atomic E-state index is 13.1. The molecule has 152 valence electrons. The second-order valence-electron chi connectivity index (χ2n) is 7.15. The largest absolute Gasteiger partial charge is 0.298 e. The first-order chi connectivity index (χ1) is 13.3. The fourth-order valence-corrected chi connectivity index (χ4v) is 5.93. The SMILES string of the molecule is CC(C)c1csc(NC(=O)c2ccc(Cl)c(S(=O)(=O)N3CCCCCC3)c2)n1. The number of thiazole rings is 1. The molecule has 9 heteroatoms. The Labute approximate surface area is 175 Å². The number of anilines is 1. The second-order valence-corrected chi connectivity index (χ2v) is 10.3. The van der Waals surface area contributed by atoms with Gasteiger partial charge in [-0.05, 0) is 37.0 Å². The van der Waals surface area contributed by atoms with Gasteiger partial charge in [0.05, 0.1) is 10.7 Å². The molecular formula is C19H24ClN3O3S2. The van der Waals surface area contributed by atoms with Crippen LogP contribution in [-0.2, 0) is 10.0 Å². The number of benzene rings is 1. The lowest BCUT2D eigenvalue weighted by molar-refractivity contribution is 0.102. The van der Waals surface area contributed by atoms with E-state index in [1.54, 1.807) is 0 Å². The summed E-state index contributed by atoms with van der Waals surface area (Å²) in [6.07, 6.45) is 3.71. The van der Waals surface area contributed by atoms with Crippen LogP contribution in [0.15, 0.2) is 28.5 Å². The van der Waals surface area contributed by atoms with Gasteiger partial charge in [0.1, 0.15) is 4.90 Å². The van der Waals surface area contributed by atoms with Crippen molar-refractivity contribution in [1.82, 2.24) is 9.29 Å². The summed E-state index contributed by atoms with van der Waals surface area (Å²) in [5.74, 6) is -0.142. The number of nitrogens with zero attached hydrogens (tertiary/aromatic N) is 2. The highest BCUT2D eigenvalue weighted by Gasteiger charge is 2.28. The van der Waals surface area contributed by atoms with Crippen LogP contribution in [-0.4, -0.2) is 36.7 Å². The van der Waals surface area contributed by atoms with Crippen molar-refractivity contribution >= 4 is 44.0 Å². The first kappa shape index (κ1) is 21.2. The monoisotopic (exact) mass is 441 g/mol. The lowest BCUT2D eigenvalue weighted by atomic mass is 10.2. The number of sulfonamides is 1. The molecule has 1 amide bonds. The molecule has 2 heterocycles. The van der Waals surface area contributed by atoms with Crippen LogP contribution in [0.2, 0.25) is 5.02 Å². The van der Waals surface area contributed by atoms with Gasteiger partial charge in [0, 0.05) is 24.0 Å². The lowest BCUT2D eigenvalue weighted by Gasteiger charge is -2.21. The number of nitrogens with one attached hydrogen (secondary N) is 1. The second kappa shape index (κ2) is 8.90. The third-order valence-corrected chi connectivity index (χ3v) is 7.87. The molecule has 1 N–H and O–H groups in total. The highest BCUT2D eigenvalue weighted by atomic mass is 35.5. The molecule has 0 spiro atoms. The summed E-state index contributed by atoms with van der Waals surface area (Å²) in [5, 5.41) is 5.25. The predicted octanol–water partition coefficient (Wildman–Crippen LogP) is 4.74. The average molecular weight is 442 g/mol. The van der Waals surface area contributed by atoms with Gasteiger partial charge in [-0.15, -0.1) is 11.3 Å². The number of hydrogen-bond donors (Lipinski definition) is 1. The third kappa shape index (κ3) is 4.74. The minimum Gasteiger partial charge on any atom is -0.298 e. The van der Waals surface area contributed by atoms with Gasteiger partial charge in [0.25, 0.3) is 5.91 Å². The Balaban J connectivity index is 1.84. The lowest BCUT2D eigenvalue weighted by Crippen LogP contribution is -2.32. The number of rotatable bonds is 5. The van der Waals surface area contributed by atoms with E-state index in [1.165, 1.54) is 33.8 Å². The molecule has 1 fully saturated rings. The van der Waals surface area contributed by atoms with Crippen molar-refractivity contribution in [2.24, 2.45) is 0 Å². The molecule has 1 saturated heterocycles. The maximum absolute atomic E-state index is 13.1. The van der Waals surface area contributed by atoms with Gasteiger partial charge in [-0.3, -0.25) is 10.1 Å². The average Bonchev–Trinajstić information content (AvgIpc) is 2.94. The van der Waals surface area contributed by atoms with Crippen LogP contribution in [0.5, 0.6) is 0 Å². The van der Waals surface area contributed by atoms with Crippen molar-refractivity contribution in [2.45, 2.75) is 50.3 Å². The van der Waals surface area contributed by atoms with E-state index in [0.717, 1.165) is 31.4 Å². The van der Waals surface area contributed by atoms with Crippen LogP contribution in [0.4, 0.5) is 5.13 Å². The number of carbonyl (C=O) groups is 1. The van der Waals surface area contributed by atoms with E-state index in [-0.39, 0.29) is 21.4 Å². The van der Waals surface area contributed by atoms with E-state index in [9.17, 15) is 13.2 Å². The van der Waals surface area contributed by atoms with Gasteiger partial charge in [-0.1, -0.05) is 38.3 Å². The van der Waals surface area contributed by atoms with E-state index < -0.39 is 15.9 Å². The molecule has 0 bridgehead atoms. The molecule has 1 aromatic heterocycles. The van der Waals surface area contributed by atoms with Crippen LogP contribution in [0.25, 0.3) is 0 Å². The first-order valence-electron chi connectivity index (χ1n) is 9.35. The molecule has 6 nitrogen and oxygen atoms in total. The summed E-state index contributed by atoms with van der Waals surface area (Å²) < 4.78 is 27.6. The van der Waals surface area contributed by atoms with E-state index >= 15 is 0 Å². The molecule has 0 aliphatic carbocycles. The van der Waals surface area contributed by atoms with Gasteiger partial charge in [-0.25, -0.2) is 13.4 Å². The van der Waals surface area contributed by atoms with Crippen LogP contribution in [0.3, 0.4) is 0 Å². The Morgan fingerprint density at radius 2 is 1.89 bits per heavy atom. The molecule has 28 heavy (non-hydrogen) atoms. The summed E-state index contributed by atoms with van der Waals surface area (Å²) in [6.45, 7) is 5.01. The van der Waals surface area contributed by atoms with Crippen molar-refractivity contribution in [3.63, 3.8) is 0 Å². The zero-order chi connectivity index (χ0) is 20.3. The molecule has 0 unspecified atom stereocenters. The van der Waals surface area contributed by atoms with Crippen molar-refractivity contribution in [3.8, 4) is 0 Å². The van der Waals surface area contributed by atoms with Crippen LogP contribution in [0, 0.1) is 0 Å². The Morgan fingerprint density at radius 1 is 1.21 bits per heavy atom. The summed E-state index contributed by atoms with van der Waals surface area (Å²) in [4.78, 5) is 17.0. The van der Waals surface area contributed by atoms with Crippen LogP contribution >= 0.6 is 22.9 Å². The van der Waals surface area contributed by atoms with E-state index in [1.807, 2.05) is 19.2 Å². The van der Waals surface area contributed by atoms with Crippen molar-refractivity contribution < 1.29 is 13.2 Å². The summed E-state index contributed by atoms with van der Waals surface area (Å²) in [6, 6.07) is 4.34. The van der Waals surface area contributed by atoms with Crippen LogP contribution in [0.1, 0.15) is 61.5 Å². The molecule has 0 radical (unpaired) electrons. The first-order valence-corrected chi connectivity index (χ1v) is 12.1. The van der Waals surface area contributed by atoms with Crippen molar-refractivity contribution in [2.75, 3.05) is 18.4 Å². The molecule has 1 aliphatic rings. The minimum atomic E-state index is -3.74. The van der Waals surface area contributed by atoms with E-state index in [0.29, 0.717) is 18.2 Å². The molecule has 3 rings (SSSR count). The van der Waals surface area contributed by atoms with Gasteiger partial charge < -0.3 is 0 Å². The van der Waals surface area contributed by atoms with Gasteiger partial charge in [0.2, 0.25) is 10.0 Å². The molecule has 2 aromatic rings. The van der Waals surface area contributed by atoms with E-state index in [2.05, 4.69) is 10.3 Å². The Hall–Kier alpha value is -1.48. The fraction of sp³-hybridized carbons (Fsp3) is 0.474. The standard InChI is InChI=1S/C19H24ClN3O3S2/c1-13(2)16-12-27-19(21-16)22-18(24)14-7-8-15(20)17(11-14)28(25,26)23-9-5-3-4-6-10-23/h7-8,11-13H,3-6,9-10H2,1-2H3,(H,21,22,24). The predicted molar refractivity (Wildman–Crippen MR) is 113 cm³/mol. The minimum absolute atomic E-state index is 0.0225. The Morgan fingerprint density at radius 3 is 2.50 bits per heavy atom. The number of hydrogen-bond acceptors (Lipinski definition) is 5. The summed E-state index contributed by atoms with van der Waals surface area (Å²) in [5.41, 5.74) is 1.14. The van der Waals surface area contributed by atoms with Crippen molar-refractivity contribution in [1.29, 1.82) is 0 Å².